The Morgan fingerprint density at radius 1 is 0.381 bits per heavy atom. The molecule has 6 nitrogen and oxygen atoms in total. The Hall–Kier alpha value is -1.21. The van der Waals surface area contributed by atoms with Crippen molar-refractivity contribution in [3.63, 3.8) is 0 Å². The Morgan fingerprint density at radius 2 is 0.651 bits per heavy atom. The lowest BCUT2D eigenvalue weighted by molar-refractivity contribution is -0.132. The molecule has 0 spiro atoms. The first-order valence-electron chi connectivity index (χ1n) is 28.2. The molecule has 0 aromatic heterocycles. The second-order valence-corrected chi connectivity index (χ2v) is 19.6. The number of carbonyl (C=O) groups excluding carboxylic acids is 1. The van der Waals surface area contributed by atoms with E-state index in [9.17, 15) is 25.2 Å². The maximum Gasteiger partial charge on any atom is 0.249 e. The molecule has 0 saturated carbocycles. The number of carbonyl (C=O) groups is 1. The van der Waals surface area contributed by atoms with E-state index in [4.69, 9.17) is 0 Å². The highest BCUT2D eigenvalue weighted by atomic mass is 16.3. The lowest BCUT2D eigenvalue weighted by atomic mass is 10.00. The average molecular weight is 891 g/mol. The Morgan fingerprint density at radius 3 is 0.952 bits per heavy atom. The number of allylic oxidation sites excluding steroid dienone is 4. The average Bonchev–Trinajstić information content (AvgIpc) is 3.29. The quantitative estimate of drug-likeness (QED) is 0.0309. The molecule has 4 atom stereocenters. The van der Waals surface area contributed by atoms with Gasteiger partial charge in [-0.3, -0.25) is 4.79 Å². The fraction of sp³-hybridized carbons (Fsp3) is 0.912. The number of nitrogens with one attached hydrogen (secondary N) is 1. The summed E-state index contributed by atoms with van der Waals surface area (Å²) in [5.74, 6) is -0.589. The smallest absolute Gasteiger partial charge is 0.249 e. The molecule has 0 fully saturated rings. The second-order valence-electron chi connectivity index (χ2n) is 19.6. The highest BCUT2D eigenvalue weighted by molar-refractivity contribution is 5.80. The summed E-state index contributed by atoms with van der Waals surface area (Å²) >= 11 is 0. The molecule has 0 aliphatic rings. The number of hydrogen-bond donors (Lipinski definition) is 5. The van der Waals surface area contributed by atoms with Gasteiger partial charge in [-0.25, -0.2) is 0 Å². The summed E-state index contributed by atoms with van der Waals surface area (Å²) in [5.41, 5.74) is 0. The van der Waals surface area contributed by atoms with E-state index in [0.29, 0.717) is 12.8 Å². The van der Waals surface area contributed by atoms with Crippen LogP contribution in [-0.4, -0.2) is 57.3 Å². The van der Waals surface area contributed by atoms with Crippen LogP contribution >= 0.6 is 0 Å². The first-order valence-corrected chi connectivity index (χ1v) is 28.2. The summed E-state index contributed by atoms with van der Waals surface area (Å²) in [6.07, 6.45) is 62.5. The summed E-state index contributed by atoms with van der Waals surface area (Å²) in [6, 6.07) is -1.00. The van der Waals surface area contributed by atoms with Gasteiger partial charge >= 0.3 is 0 Å². The number of amides is 1. The maximum absolute atomic E-state index is 12.6. The van der Waals surface area contributed by atoms with E-state index < -0.39 is 36.9 Å². The zero-order valence-corrected chi connectivity index (χ0v) is 42.3. The molecule has 0 aliphatic heterocycles. The Bertz CT molecular complexity index is 955. The van der Waals surface area contributed by atoms with Crippen LogP contribution in [0.5, 0.6) is 0 Å². The fourth-order valence-electron chi connectivity index (χ4n) is 8.93. The van der Waals surface area contributed by atoms with Crippen LogP contribution in [0, 0.1) is 0 Å². The third kappa shape index (κ3) is 45.7. The van der Waals surface area contributed by atoms with Gasteiger partial charge in [0.15, 0.2) is 0 Å². The van der Waals surface area contributed by atoms with Crippen molar-refractivity contribution in [3.05, 3.63) is 24.3 Å². The zero-order chi connectivity index (χ0) is 45.9. The van der Waals surface area contributed by atoms with Crippen LogP contribution in [0.4, 0.5) is 0 Å². The van der Waals surface area contributed by atoms with E-state index in [2.05, 4.69) is 43.5 Å². The highest BCUT2D eigenvalue weighted by Crippen LogP contribution is 2.17. The molecule has 0 aromatic carbocycles. The molecule has 0 saturated heterocycles. The van der Waals surface area contributed by atoms with Gasteiger partial charge in [-0.15, -0.1) is 0 Å². The number of unbranched alkanes of at least 4 members (excludes halogenated alkanes) is 39. The van der Waals surface area contributed by atoms with Crippen LogP contribution in [0.1, 0.15) is 303 Å². The third-order valence-electron chi connectivity index (χ3n) is 13.4. The first-order chi connectivity index (χ1) is 31.0. The summed E-state index contributed by atoms with van der Waals surface area (Å²) in [5, 5.41) is 43.9. The molecule has 4 unspecified atom stereocenters. The summed E-state index contributed by atoms with van der Waals surface area (Å²) in [4.78, 5) is 12.6. The summed E-state index contributed by atoms with van der Waals surface area (Å²) < 4.78 is 0. The van der Waals surface area contributed by atoms with Gasteiger partial charge in [-0.2, -0.15) is 0 Å². The second kappa shape index (κ2) is 51.8. The summed E-state index contributed by atoms with van der Waals surface area (Å²) in [6.45, 7) is 4.07. The van der Waals surface area contributed by atoms with Crippen LogP contribution in [0.2, 0.25) is 0 Å². The molecule has 0 radical (unpaired) electrons. The normalized spacial score (nSPS) is 13.9. The summed E-state index contributed by atoms with van der Waals surface area (Å²) in [7, 11) is 0. The van der Waals surface area contributed by atoms with Gasteiger partial charge in [0.2, 0.25) is 5.91 Å². The van der Waals surface area contributed by atoms with Gasteiger partial charge in [-0.1, -0.05) is 263 Å². The first kappa shape index (κ1) is 61.8. The molecule has 0 heterocycles. The van der Waals surface area contributed by atoms with Gasteiger partial charge in [0, 0.05) is 0 Å². The Balaban J connectivity index is 3.61. The third-order valence-corrected chi connectivity index (χ3v) is 13.4. The molecule has 0 bridgehead atoms. The lowest BCUT2D eigenvalue weighted by Crippen LogP contribution is -2.53. The van der Waals surface area contributed by atoms with Crippen LogP contribution < -0.4 is 5.32 Å². The zero-order valence-electron chi connectivity index (χ0n) is 42.3. The van der Waals surface area contributed by atoms with E-state index >= 15 is 0 Å². The standard InChI is InChI=1S/C57H111NO5/c1-3-5-7-9-11-13-15-17-19-21-22-23-24-25-26-27-28-29-30-31-32-33-35-37-39-41-43-45-47-49-51-55(61)57(63)58-53(52-59)56(62)54(60)50-48-46-44-42-40-38-36-34-20-18-16-14-12-10-8-6-4-2/h25-26,42,44,53-56,59-62H,3-24,27-41,43,45-52H2,1-2H3,(H,58,63)/b26-25-,44-42+. The van der Waals surface area contributed by atoms with Crippen molar-refractivity contribution in [2.24, 2.45) is 0 Å². The molecule has 0 aliphatic carbocycles. The van der Waals surface area contributed by atoms with Gasteiger partial charge in [-0.05, 0) is 64.2 Å². The van der Waals surface area contributed by atoms with Gasteiger partial charge < -0.3 is 25.7 Å². The number of aliphatic hydroxyl groups is 4. The molecule has 0 aromatic rings. The Labute approximate surface area is 393 Å². The topological polar surface area (TPSA) is 110 Å². The van der Waals surface area contributed by atoms with Crippen molar-refractivity contribution in [1.29, 1.82) is 0 Å². The largest absolute Gasteiger partial charge is 0.394 e. The van der Waals surface area contributed by atoms with E-state index in [1.54, 1.807) is 0 Å². The van der Waals surface area contributed by atoms with E-state index in [1.165, 1.54) is 238 Å². The maximum atomic E-state index is 12.6. The monoisotopic (exact) mass is 890 g/mol. The molecular weight excluding hydrogens is 779 g/mol. The van der Waals surface area contributed by atoms with Crippen LogP contribution in [0.3, 0.4) is 0 Å². The van der Waals surface area contributed by atoms with Crippen molar-refractivity contribution in [2.45, 2.75) is 327 Å². The predicted octanol–water partition coefficient (Wildman–Crippen LogP) is 16.3. The van der Waals surface area contributed by atoms with E-state index in [1.807, 2.05) is 0 Å². The molecule has 5 N–H and O–H groups in total. The van der Waals surface area contributed by atoms with Gasteiger partial charge in [0.05, 0.1) is 18.8 Å². The highest BCUT2D eigenvalue weighted by Gasteiger charge is 2.28. The lowest BCUT2D eigenvalue weighted by Gasteiger charge is -2.27. The van der Waals surface area contributed by atoms with Crippen molar-refractivity contribution >= 4 is 5.91 Å². The predicted molar refractivity (Wildman–Crippen MR) is 274 cm³/mol. The van der Waals surface area contributed by atoms with Gasteiger partial charge in [0.1, 0.15) is 12.2 Å². The number of aliphatic hydroxyl groups excluding tert-OH is 4. The van der Waals surface area contributed by atoms with Crippen molar-refractivity contribution < 1.29 is 25.2 Å². The number of rotatable bonds is 52. The number of hydrogen-bond acceptors (Lipinski definition) is 5. The minimum atomic E-state index is -1.28. The molecule has 1 amide bonds. The minimum absolute atomic E-state index is 0.366. The van der Waals surface area contributed by atoms with Crippen molar-refractivity contribution in [3.8, 4) is 0 Å². The molecular formula is C57H111NO5. The molecule has 374 valence electrons. The molecule has 63 heavy (non-hydrogen) atoms. The van der Waals surface area contributed by atoms with Crippen LogP contribution in [-0.2, 0) is 4.79 Å². The van der Waals surface area contributed by atoms with Crippen molar-refractivity contribution in [2.75, 3.05) is 6.61 Å². The molecule has 6 heteroatoms. The van der Waals surface area contributed by atoms with E-state index in [-0.39, 0.29) is 0 Å². The van der Waals surface area contributed by atoms with E-state index in [0.717, 1.165) is 38.5 Å². The molecule has 0 rings (SSSR count). The van der Waals surface area contributed by atoms with Crippen LogP contribution in [0.15, 0.2) is 24.3 Å². The Kier molecular flexibility index (Phi) is 50.8. The van der Waals surface area contributed by atoms with Crippen LogP contribution in [0.25, 0.3) is 0 Å². The van der Waals surface area contributed by atoms with Crippen molar-refractivity contribution in [1.82, 2.24) is 5.32 Å². The van der Waals surface area contributed by atoms with Gasteiger partial charge in [0.25, 0.3) is 0 Å². The minimum Gasteiger partial charge on any atom is -0.394 e. The SMILES string of the molecule is CCCCCCCCCCCCCC/C=C\CCCCCCCCCCCCCCCCC(O)C(=O)NC(CO)C(O)C(O)CCC/C=C/CCCCCCCCCCCCCC. The fourth-order valence-corrected chi connectivity index (χ4v) is 8.93.